The van der Waals surface area contributed by atoms with Crippen LogP contribution in [0.4, 0.5) is 0 Å². The van der Waals surface area contributed by atoms with Gasteiger partial charge in [-0.3, -0.25) is 0 Å². The smallest absolute Gasteiger partial charge is 0.0669 e. The zero-order valence-corrected chi connectivity index (χ0v) is 8.96. The summed E-state index contributed by atoms with van der Waals surface area (Å²) in [6, 6.07) is 10.6. The molecule has 0 spiro atoms. The van der Waals surface area contributed by atoms with Gasteiger partial charge in [0.2, 0.25) is 0 Å². The predicted octanol–water partition coefficient (Wildman–Crippen LogP) is 3.66. The van der Waals surface area contributed by atoms with Gasteiger partial charge in [0.15, 0.2) is 0 Å². The summed E-state index contributed by atoms with van der Waals surface area (Å²) in [7, 11) is 0. The highest BCUT2D eigenvalue weighted by Crippen LogP contribution is 2.21. The molecule has 74 valence electrons. The van der Waals surface area contributed by atoms with E-state index in [1.54, 1.807) is 0 Å². The van der Waals surface area contributed by atoms with Gasteiger partial charge in [-0.2, -0.15) is 5.26 Å². The van der Waals surface area contributed by atoms with Crippen molar-refractivity contribution in [3.8, 4) is 6.07 Å². The molecule has 1 nitrogen and oxygen atoms in total. The molecule has 0 N–H and O–H groups in total. The number of nitrogens with zero attached hydrogens (tertiary/aromatic N) is 1. The summed E-state index contributed by atoms with van der Waals surface area (Å²) in [5.41, 5.74) is 2.49. The van der Waals surface area contributed by atoms with Gasteiger partial charge in [-0.25, -0.2) is 0 Å². The van der Waals surface area contributed by atoms with Crippen LogP contribution in [0.25, 0.3) is 0 Å². The Labute approximate surface area is 86.4 Å². The highest BCUT2D eigenvalue weighted by Gasteiger charge is 2.04. The van der Waals surface area contributed by atoms with Crippen molar-refractivity contribution < 1.29 is 0 Å². The summed E-state index contributed by atoms with van der Waals surface area (Å²) in [5.74, 6) is 0.610. The lowest BCUT2D eigenvalue weighted by Gasteiger charge is -2.10. The number of hydrogen-bond donors (Lipinski definition) is 0. The van der Waals surface area contributed by atoms with Crippen molar-refractivity contribution in [3.63, 3.8) is 0 Å². The first-order valence-corrected chi connectivity index (χ1v) is 5.23. The van der Waals surface area contributed by atoms with Crippen LogP contribution in [-0.4, -0.2) is 0 Å². The van der Waals surface area contributed by atoms with Crippen LogP contribution in [0.3, 0.4) is 0 Å². The molecule has 0 saturated heterocycles. The number of hydrogen-bond acceptors (Lipinski definition) is 1. The summed E-state index contributed by atoms with van der Waals surface area (Å²) in [6.45, 7) is 4.45. The normalized spacial score (nSPS) is 12.1. The monoisotopic (exact) mass is 187 g/mol. The molecule has 0 aromatic heterocycles. The summed E-state index contributed by atoms with van der Waals surface area (Å²) < 4.78 is 0. The van der Waals surface area contributed by atoms with E-state index in [1.165, 1.54) is 18.4 Å². The second kappa shape index (κ2) is 5.44. The van der Waals surface area contributed by atoms with E-state index < -0.39 is 0 Å². The average Bonchev–Trinajstić information content (AvgIpc) is 2.19. The molecule has 0 aliphatic rings. The lowest BCUT2D eigenvalue weighted by atomic mass is 9.95. The van der Waals surface area contributed by atoms with Gasteiger partial charge in [0, 0.05) is 0 Å². The molecule has 14 heavy (non-hydrogen) atoms. The number of nitriles is 1. The third-order valence-corrected chi connectivity index (χ3v) is 2.52. The SMILES string of the molecule is CCCC(C)c1cccc(CC#N)c1. The van der Waals surface area contributed by atoms with Crippen molar-refractivity contribution >= 4 is 0 Å². The highest BCUT2D eigenvalue weighted by molar-refractivity contribution is 5.27. The van der Waals surface area contributed by atoms with Crippen LogP contribution < -0.4 is 0 Å². The zero-order chi connectivity index (χ0) is 10.4. The molecule has 1 rings (SSSR count). The Kier molecular flexibility index (Phi) is 4.19. The van der Waals surface area contributed by atoms with Crippen molar-refractivity contribution in [2.75, 3.05) is 0 Å². The molecule has 0 amide bonds. The van der Waals surface area contributed by atoms with Gasteiger partial charge in [0.1, 0.15) is 0 Å². The third kappa shape index (κ3) is 2.88. The van der Waals surface area contributed by atoms with E-state index in [0.29, 0.717) is 12.3 Å². The van der Waals surface area contributed by atoms with Gasteiger partial charge < -0.3 is 0 Å². The molecule has 0 radical (unpaired) electrons. The minimum atomic E-state index is 0.521. The van der Waals surface area contributed by atoms with Gasteiger partial charge in [0.05, 0.1) is 12.5 Å². The summed E-state index contributed by atoms with van der Waals surface area (Å²) in [4.78, 5) is 0. The molecule has 1 aromatic rings. The van der Waals surface area contributed by atoms with Crippen molar-refractivity contribution in [3.05, 3.63) is 35.4 Å². The Bertz CT molecular complexity index is 322. The molecular weight excluding hydrogens is 170 g/mol. The standard InChI is InChI=1S/C13H17N/c1-3-5-11(2)13-7-4-6-12(10-13)8-9-14/h4,6-7,10-11H,3,5,8H2,1-2H3. The fraction of sp³-hybridized carbons (Fsp3) is 0.462. The Morgan fingerprint density at radius 3 is 2.86 bits per heavy atom. The van der Waals surface area contributed by atoms with Crippen molar-refractivity contribution in [2.24, 2.45) is 0 Å². The maximum Gasteiger partial charge on any atom is 0.0669 e. The highest BCUT2D eigenvalue weighted by atomic mass is 14.2. The van der Waals surface area contributed by atoms with E-state index in [-0.39, 0.29) is 0 Å². The van der Waals surface area contributed by atoms with E-state index in [1.807, 2.05) is 12.1 Å². The Morgan fingerprint density at radius 2 is 2.21 bits per heavy atom. The molecule has 1 aromatic carbocycles. The predicted molar refractivity (Wildman–Crippen MR) is 59.1 cm³/mol. The molecule has 1 atom stereocenters. The van der Waals surface area contributed by atoms with Crippen molar-refractivity contribution in [2.45, 2.75) is 39.0 Å². The lowest BCUT2D eigenvalue weighted by molar-refractivity contribution is 0.664. The first-order chi connectivity index (χ1) is 6.77. The first-order valence-electron chi connectivity index (χ1n) is 5.23. The number of benzene rings is 1. The number of rotatable bonds is 4. The van der Waals surface area contributed by atoms with Crippen LogP contribution in [0, 0.1) is 11.3 Å². The van der Waals surface area contributed by atoms with E-state index in [9.17, 15) is 0 Å². The van der Waals surface area contributed by atoms with Crippen LogP contribution >= 0.6 is 0 Å². The Morgan fingerprint density at radius 1 is 1.43 bits per heavy atom. The summed E-state index contributed by atoms with van der Waals surface area (Å²) in [5, 5.41) is 8.60. The van der Waals surface area contributed by atoms with E-state index >= 15 is 0 Å². The maximum atomic E-state index is 8.60. The second-order valence-corrected chi connectivity index (χ2v) is 3.77. The zero-order valence-electron chi connectivity index (χ0n) is 8.96. The van der Waals surface area contributed by atoms with Crippen molar-refractivity contribution in [1.29, 1.82) is 5.26 Å². The average molecular weight is 187 g/mol. The molecule has 0 bridgehead atoms. The second-order valence-electron chi connectivity index (χ2n) is 3.77. The Hall–Kier alpha value is -1.29. The van der Waals surface area contributed by atoms with Gasteiger partial charge >= 0.3 is 0 Å². The van der Waals surface area contributed by atoms with Crippen LogP contribution in [-0.2, 0) is 6.42 Å². The molecule has 0 heterocycles. The topological polar surface area (TPSA) is 23.8 Å². The lowest BCUT2D eigenvalue weighted by Crippen LogP contribution is -1.94. The van der Waals surface area contributed by atoms with Crippen LogP contribution in [0.2, 0.25) is 0 Å². The maximum absolute atomic E-state index is 8.60. The van der Waals surface area contributed by atoms with Crippen LogP contribution in [0.1, 0.15) is 43.7 Å². The first kappa shape index (κ1) is 10.8. The summed E-state index contributed by atoms with van der Waals surface area (Å²) >= 11 is 0. The fourth-order valence-corrected chi connectivity index (χ4v) is 1.70. The third-order valence-electron chi connectivity index (χ3n) is 2.52. The molecule has 0 saturated carbocycles. The summed E-state index contributed by atoms with van der Waals surface area (Å²) in [6.07, 6.45) is 2.95. The van der Waals surface area contributed by atoms with Gasteiger partial charge in [-0.15, -0.1) is 0 Å². The van der Waals surface area contributed by atoms with E-state index in [0.717, 1.165) is 5.56 Å². The van der Waals surface area contributed by atoms with E-state index in [2.05, 4.69) is 32.0 Å². The minimum Gasteiger partial charge on any atom is -0.198 e. The molecule has 1 heteroatoms. The molecule has 0 aliphatic carbocycles. The van der Waals surface area contributed by atoms with Crippen LogP contribution in [0.15, 0.2) is 24.3 Å². The minimum absolute atomic E-state index is 0.521. The van der Waals surface area contributed by atoms with Gasteiger partial charge in [-0.1, -0.05) is 44.5 Å². The molecular formula is C13H17N. The quantitative estimate of drug-likeness (QED) is 0.705. The van der Waals surface area contributed by atoms with Crippen LogP contribution in [0.5, 0.6) is 0 Å². The molecule has 0 fully saturated rings. The van der Waals surface area contributed by atoms with Gasteiger partial charge in [-0.05, 0) is 23.5 Å². The molecule has 1 unspecified atom stereocenters. The Balaban J connectivity index is 2.78. The van der Waals surface area contributed by atoms with Gasteiger partial charge in [0.25, 0.3) is 0 Å². The van der Waals surface area contributed by atoms with Crippen molar-refractivity contribution in [1.82, 2.24) is 0 Å². The van der Waals surface area contributed by atoms with E-state index in [4.69, 9.17) is 5.26 Å². The largest absolute Gasteiger partial charge is 0.198 e. The molecule has 0 aliphatic heterocycles. The fourth-order valence-electron chi connectivity index (χ4n) is 1.70.